The van der Waals surface area contributed by atoms with Gasteiger partial charge in [-0.15, -0.1) is 0 Å². The van der Waals surface area contributed by atoms with Gasteiger partial charge in [-0.05, 0) is 32.6 Å². The fourth-order valence-electron chi connectivity index (χ4n) is 3.57. The van der Waals surface area contributed by atoms with Crippen LogP contribution in [-0.2, 0) is 28.5 Å². The zero-order valence-electron chi connectivity index (χ0n) is 14.1. The summed E-state index contributed by atoms with van der Waals surface area (Å²) in [6.45, 7) is 3.62. The minimum absolute atomic E-state index is 0.0770. The van der Waals surface area contributed by atoms with Crippen LogP contribution in [0.1, 0.15) is 39.5 Å². The number of hydrogen-bond donors (Lipinski definition) is 1. The molecule has 2 fully saturated rings. The van der Waals surface area contributed by atoms with Crippen molar-refractivity contribution in [3.05, 3.63) is 0 Å². The van der Waals surface area contributed by atoms with E-state index >= 15 is 0 Å². The highest BCUT2D eigenvalue weighted by atomic mass is 16.7. The molecule has 0 radical (unpaired) electrons. The Morgan fingerprint density at radius 3 is 2.65 bits per heavy atom. The van der Waals surface area contributed by atoms with Crippen LogP contribution in [0.25, 0.3) is 0 Å². The van der Waals surface area contributed by atoms with Gasteiger partial charge in [0.25, 0.3) is 0 Å². The van der Waals surface area contributed by atoms with Crippen molar-refractivity contribution in [2.75, 3.05) is 14.2 Å². The second kappa shape index (κ2) is 6.84. The lowest BCUT2D eigenvalue weighted by molar-refractivity contribution is -0.365. The topological polar surface area (TPSA) is 91.3 Å². The number of carbonyl (C=O) groups is 2. The van der Waals surface area contributed by atoms with Gasteiger partial charge in [-0.25, -0.2) is 4.79 Å². The van der Waals surface area contributed by atoms with Crippen molar-refractivity contribution < 1.29 is 33.6 Å². The molecular weight excluding hydrogens is 304 g/mol. The smallest absolute Gasteiger partial charge is 0.337 e. The van der Waals surface area contributed by atoms with E-state index < -0.39 is 23.5 Å². The summed E-state index contributed by atoms with van der Waals surface area (Å²) in [5.41, 5.74) is -1.64. The molecule has 1 saturated carbocycles. The number of aliphatic hydroxyl groups is 1. The lowest BCUT2D eigenvalue weighted by Crippen LogP contribution is -2.64. The zero-order valence-corrected chi connectivity index (χ0v) is 14.1. The molecule has 0 aromatic heterocycles. The van der Waals surface area contributed by atoms with Crippen LogP contribution in [-0.4, -0.2) is 61.3 Å². The molecule has 7 nitrogen and oxygen atoms in total. The highest BCUT2D eigenvalue weighted by Gasteiger charge is 2.56. The van der Waals surface area contributed by atoms with Crippen LogP contribution in [0.2, 0.25) is 0 Å². The Balaban J connectivity index is 2.26. The summed E-state index contributed by atoms with van der Waals surface area (Å²) in [5.74, 6) is -1.81. The van der Waals surface area contributed by atoms with Crippen molar-refractivity contribution in [1.29, 1.82) is 0 Å². The van der Waals surface area contributed by atoms with Crippen molar-refractivity contribution in [2.45, 2.75) is 69.2 Å². The molecule has 0 unspecified atom stereocenters. The fraction of sp³-hybridized carbons (Fsp3) is 0.875. The van der Waals surface area contributed by atoms with Crippen molar-refractivity contribution in [3.63, 3.8) is 0 Å². The summed E-state index contributed by atoms with van der Waals surface area (Å²) in [6, 6.07) is 0. The van der Waals surface area contributed by atoms with E-state index in [0.29, 0.717) is 12.8 Å². The summed E-state index contributed by atoms with van der Waals surface area (Å²) >= 11 is 0. The van der Waals surface area contributed by atoms with Crippen LogP contribution in [0.5, 0.6) is 0 Å². The molecule has 1 aliphatic heterocycles. The Morgan fingerprint density at radius 2 is 2.09 bits per heavy atom. The molecule has 132 valence electrons. The van der Waals surface area contributed by atoms with E-state index in [2.05, 4.69) is 0 Å². The van der Waals surface area contributed by atoms with Gasteiger partial charge in [0, 0.05) is 20.0 Å². The van der Waals surface area contributed by atoms with Crippen LogP contribution in [0.3, 0.4) is 0 Å². The van der Waals surface area contributed by atoms with E-state index in [0.717, 1.165) is 6.29 Å². The number of fused-ring (bicyclic) bond motifs is 1. The Hall–Kier alpha value is -1.02. The number of hydrogen-bond acceptors (Lipinski definition) is 7. The number of carbonyl (C=O) groups excluding carboxylic acids is 2. The van der Waals surface area contributed by atoms with Crippen LogP contribution >= 0.6 is 0 Å². The third kappa shape index (κ3) is 3.42. The van der Waals surface area contributed by atoms with Gasteiger partial charge in [-0.3, -0.25) is 0 Å². The second-order valence-electron chi connectivity index (χ2n) is 6.55. The third-order valence-electron chi connectivity index (χ3n) is 5.08. The zero-order chi connectivity index (χ0) is 17.3. The number of ether oxygens (including phenoxy) is 4. The van der Waals surface area contributed by atoms with Crippen LogP contribution < -0.4 is 0 Å². The predicted octanol–water partition coefficient (Wildman–Crippen LogP) is 0.815. The summed E-state index contributed by atoms with van der Waals surface area (Å²) in [7, 11) is 2.77. The van der Waals surface area contributed by atoms with Gasteiger partial charge in [-0.2, -0.15) is 0 Å². The van der Waals surface area contributed by atoms with E-state index in [9.17, 15) is 14.7 Å². The van der Waals surface area contributed by atoms with Gasteiger partial charge in [0.15, 0.2) is 11.4 Å². The number of aldehydes is 1. The largest absolute Gasteiger partial charge is 0.467 e. The van der Waals surface area contributed by atoms with Crippen molar-refractivity contribution in [2.24, 2.45) is 5.92 Å². The molecular formula is C16H26O7. The van der Waals surface area contributed by atoms with Crippen molar-refractivity contribution in [1.82, 2.24) is 0 Å². The molecule has 0 bridgehead atoms. The average molecular weight is 330 g/mol. The molecule has 1 aliphatic carbocycles. The van der Waals surface area contributed by atoms with Gasteiger partial charge in [-0.1, -0.05) is 0 Å². The van der Waals surface area contributed by atoms with E-state index in [1.165, 1.54) is 14.2 Å². The van der Waals surface area contributed by atoms with E-state index in [4.69, 9.17) is 18.9 Å². The molecule has 0 spiro atoms. The lowest BCUT2D eigenvalue weighted by atomic mass is 9.72. The summed E-state index contributed by atoms with van der Waals surface area (Å²) in [4.78, 5) is 22.7. The normalized spacial score (nSPS) is 43.5. The number of esters is 1. The Bertz CT molecular complexity index is 454. The van der Waals surface area contributed by atoms with Crippen molar-refractivity contribution in [3.8, 4) is 0 Å². The monoisotopic (exact) mass is 330 g/mol. The van der Waals surface area contributed by atoms with Crippen LogP contribution in [0.15, 0.2) is 0 Å². The third-order valence-corrected chi connectivity index (χ3v) is 5.08. The quantitative estimate of drug-likeness (QED) is 0.589. The first-order valence-electron chi connectivity index (χ1n) is 7.92. The fourth-order valence-corrected chi connectivity index (χ4v) is 3.57. The molecule has 0 aromatic carbocycles. The van der Waals surface area contributed by atoms with Crippen LogP contribution in [0, 0.1) is 5.92 Å². The minimum Gasteiger partial charge on any atom is -0.467 e. The van der Waals surface area contributed by atoms with Gasteiger partial charge in [0.2, 0.25) is 0 Å². The van der Waals surface area contributed by atoms with E-state index in [1.807, 2.05) is 6.92 Å². The molecule has 1 saturated heterocycles. The summed E-state index contributed by atoms with van der Waals surface area (Å²) < 4.78 is 22.3. The summed E-state index contributed by atoms with van der Waals surface area (Å²) in [6.07, 6.45) is 0.837. The first-order valence-corrected chi connectivity index (χ1v) is 7.92. The highest BCUT2D eigenvalue weighted by molar-refractivity contribution is 5.79. The highest BCUT2D eigenvalue weighted by Crippen LogP contribution is 2.44. The first-order chi connectivity index (χ1) is 10.8. The first kappa shape index (κ1) is 18.3. The maximum absolute atomic E-state index is 12.0. The van der Waals surface area contributed by atoms with E-state index in [1.54, 1.807) is 6.92 Å². The lowest BCUT2D eigenvalue weighted by Gasteiger charge is -2.52. The second-order valence-corrected chi connectivity index (χ2v) is 6.55. The Labute approximate surface area is 136 Å². The molecule has 0 amide bonds. The molecule has 1 N–H and O–H groups in total. The van der Waals surface area contributed by atoms with Gasteiger partial charge in [0.1, 0.15) is 12.4 Å². The summed E-state index contributed by atoms with van der Waals surface area (Å²) in [5, 5.41) is 10.7. The van der Waals surface area contributed by atoms with Gasteiger partial charge < -0.3 is 28.8 Å². The Morgan fingerprint density at radius 1 is 1.39 bits per heavy atom. The van der Waals surface area contributed by atoms with Crippen LogP contribution in [0.4, 0.5) is 0 Å². The van der Waals surface area contributed by atoms with Gasteiger partial charge >= 0.3 is 5.97 Å². The number of methoxy groups -OCH3 is 2. The van der Waals surface area contributed by atoms with Crippen molar-refractivity contribution >= 4 is 12.3 Å². The van der Waals surface area contributed by atoms with E-state index in [-0.39, 0.29) is 31.0 Å². The molecule has 7 heteroatoms. The molecule has 0 aromatic rings. The SMILES string of the molecule is COC(=O)[C@]1(O)C[C@H](CCC=O)[C@H]2O[C@@H](C)[C@@](C)(OC)O[C@@H]2C1. The maximum atomic E-state index is 12.0. The standard InChI is InChI=1S/C16H26O7/c1-10-15(2,21-4)23-12-9-16(19,14(18)20-3)8-11(6-5-7-17)13(12)22-10/h7,10-13,19H,5-6,8-9H2,1-4H3/t10-,11-,12+,13+,15-,16-/m0/s1. The Kier molecular flexibility index (Phi) is 5.45. The van der Waals surface area contributed by atoms with Gasteiger partial charge in [0.05, 0.1) is 19.3 Å². The molecule has 2 aliphatic rings. The molecule has 2 rings (SSSR count). The average Bonchev–Trinajstić information content (AvgIpc) is 2.53. The molecule has 1 heterocycles. The molecule has 23 heavy (non-hydrogen) atoms. The molecule has 6 atom stereocenters. The maximum Gasteiger partial charge on any atom is 0.337 e. The predicted molar refractivity (Wildman–Crippen MR) is 79.6 cm³/mol. The minimum atomic E-state index is -1.64. The number of rotatable bonds is 5.